The first-order chi connectivity index (χ1) is 20.1. The molecule has 0 heterocycles. The molecule has 0 radical (unpaired) electrons. The largest absolute Gasteiger partial charge is 0.465 e. The molecule has 0 aliphatic carbocycles. The standard InChI is InChI=1S/C37H68O5/c1-7-9-11-13-15-17-25-31-41-34(39)36(3,4)29-23-19-21-27-33(38)28-22-20-24-30-37(5,6)35(40)42-32-26-18-16-14-12-10-8-2/h33,38H,7-17,19-25,27-32H2,1-6H3. The lowest BCUT2D eigenvalue weighted by molar-refractivity contribution is -0.154. The van der Waals surface area contributed by atoms with Crippen LogP contribution in [0.25, 0.3) is 0 Å². The smallest absolute Gasteiger partial charge is 0.312 e. The number of aliphatic hydroxyl groups excluding tert-OH is 1. The van der Waals surface area contributed by atoms with Gasteiger partial charge in [0.05, 0.1) is 23.5 Å². The zero-order valence-corrected chi connectivity index (χ0v) is 28.6. The highest BCUT2D eigenvalue weighted by Crippen LogP contribution is 2.27. The van der Waals surface area contributed by atoms with Gasteiger partial charge in [-0.05, 0) is 66.2 Å². The van der Waals surface area contributed by atoms with Crippen molar-refractivity contribution in [1.29, 1.82) is 0 Å². The highest BCUT2D eigenvalue weighted by atomic mass is 16.5. The third-order valence-electron chi connectivity index (χ3n) is 8.32. The minimum atomic E-state index is -0.504. The van der Waals surface area contributed by atoms with Crippen molar-refractivity contribution in [2.45, 2.75) is 189 Å². The average molecular weight is 593 g/mol. The summed E-state index contributed by atoms with van der Waals surface area (Å²) in [6.07, 6.45) is 23.0. The van der Waals surface area contributed by atoms with E-state index in [-0.39, 0.29) is 24.6 Å². The molecule has 5 nitrogen and oxygen atoms in total. The Bertz CT molecular complexity index is 730. The van der Waals surface area contributed by atoms with Crippen molar-refractivity contribution in [2.75, 3.05) is 13.2 Å². The molecule has 0 aliphatic rings. The first-order valence-corrected chi connectivity index (χ1v) is 17.5. The highest BCUT2D eigenvalue weighted by molar-refractivity contribution is 5.76. The number of unbranched alkanes of at least 4 members (excludes halogenated alkanes) is 14. The zero-order valence-electron chi connectivity index (χ0n) is 28.6. The van der Waals surface area contributed by atoms with E-state index in [0.29, 0.717) is 6.61 Å². The molecule has 0 saturated carbocycles. The van der Waals surface area contributed by atoms with Crippen molar-refractivity contribution in [3.63, 3.8) is 0 Å². The van der Waals surface area contributed by atoms with Crippen LogP contribution in [-0.2, 0) is 19.1 Å². The summed E-state index contributed by atoms with van der Waals surface area (Å²) in [5.74, 6) is 5.82. The van der Waals surface area contributed by atoms with Gasteiger partial charge in [-0.2, -0.15) is 0 Å². The predicted molar refractivity (Wildman–Crippen MR) is 176 cm³/mol. The fourth-order valence-corrected chi connectivity index (χ4v) is 5.09. The molecule has 0 saturated heterocycles. The van der Waals surface area contributed by atoms with Gasteiger partial charge in [-0.3, -0.25) is 9.59 Å². The Morgan fingerprint density at radius 2 is 1.05 bits per heavy atom. The third-order valence-corrected chi connectivity index (χ3v) is 8.32. The lowest BCUT2D eigenvalue weighted by Gasteiger charge is -2.22. The van der Waals surface area contributed by atoms with Crippen LogP contribution in [-0.4, -0.2) is 36.4 Å². The van der Waals surface area contributed by atoms with E-state index in [2.05, 4.69) is 25.7 Å². The third kappa shape index (κ3) is 23.0. The van der Waals surface area contributed by atoms with Gasteiger partial charge in [0.15, 0.2) is 6.61 Å². The monoisotopic (exact) mass is 593 g/mol. The van der Waals surface area contributed by atoms with Gasteiger partial charge in [-0.15, -0.1) is 0 Å². The molecule has 42 heavy (non-hydrogen) atoms. The van der Waals surface area contributed by atoms with E-state index in [4.69, 9.17) is 9.47 Å². The summed E-state index contributed by atoms with van der Waals surface area (Å²) in [6.45, 7) is 13.0. The van der Waals surface area contributed by atoms with Gasteiger partial charge in [0, 0.05) is 6.42 Å². The van der Waals surface area contributed by atoms with Crippen LogP contribution in [0.2, 0.25) is 0 Å². The fraction of sp³-hybridized carbons (Fsp3) is 0.892. The summed E-state index contributed by atoms with van der Waals surface area (Å²) in [4.78, 5) is 24.9. The van der Waals surface area contributed by atoms with Crippen molar-refractivity contribution in [3.8, 4) is 11.8 Å². The van der Waals surface area contributed by atoms with Crippen LogP contribution in [0.15, 0.2) is 0 Å². The summed E-state index contributed by atoms with van der Waals surface area (Å²) < 4.78 is 10.9. The van der Waals surface area contributed by atoms with E-state index in [1.165, 1.54) is 51.4 Å². The molecule has 1 N–H and O–H groups in total. The van der Waals surface area contributed by atoms with Crippen LogP contribution in [0.1, 0.15) is 183 Å². The van der Waals surface area contributed by atoms with Gasteiger partial charge in [-0.25, -0.2) is 0 Å². The SMILES string of the molecule is CCCCCCC#CCOC(=O)C(C)(C)CCCCCC(O)CCCCCC(C)(C)C(=O)OCCCCCCCCC. The summed E-state index contributed by atoms with van der Waals surface area (Å²) in [7, 11) is 0. The summed E-state index contributed by atoms with van der Waals surface area (Å²) in [5.41, 5.74) is -0.948. The van der Waals surface area contributed by atoms with E-state index >= 15 is 0 Å². The molecular formula is C37H68O5. The predicted octanol–water partition coefficient (Wildman–Crippen LogP) is 10.1. The summed E-state index contributed by atoms with van der Waals surface area (Å²) >= 11 is 0. The molecule has 0 aromatic carbocycles. The second-order valence-electron chi connectivity index (χ2n) is 13.6. The lowest BCUT2D eigenvalue weighted by atomic mass is 9.86. The lowest BCUT2D eigenvalue weighted by Crippen LogP contribution is -2.27. The average Bonchev–Trinajstić information content (AvgIpc) is 2.95. The molecule has 246 valence electrons. The van der Waals surface area contributed by atoms with E-state index in [0.717, 1.165) is 89.9 Å². The Kier molecular flexibility index (Phi) is 25.0. The van der Waals surface area contributed by atoms with E-state index < -0.39 is 10.8 Å². The number of rotatable bonds is 27. The van der Waals surface area contributed by atoms with Crippen molar-refractivity contribution < 1.29 is 24.2 Å². The fourth-order valence-electron chi connectivity index (χ4n) is 5.09. The molecule has 0 aliphatic heterocycles. The Hall–Kier alpha value is -1.54. The van der Waals surface area contributed by atoms with Crippen LogP contribution in [0.5, 0.6) is 0 Å². The number of aliphatic hydroxyl groups is 1. The molecule has 1 atom stereocenters. The van der Waals surface area contributed by atoms with Crippen LogP contribution in [0, 0.1) is 22.7 Å². The molecule has 0 aromatic heterocycles. The second kappa shape index (κ2) is 25.9. The van der Waals surface area contributed by atoms with Gasteiger partial charge in [0.25, 0.3) is 0 Å². The number of ether oxygens (including phenoxy) is 2. The Morgan fingerprint density at radius 3 is 1.60 bits per heavy atom. The van der Waals surface area contributed by atoms with Crippen LogP contribution >= 0.6 is 0 Å². The van der Waals surface area contributed by atoms with Crippen molar-refractivity contribution in [2.24, 2.45) is 10.8 Å². The molecule has 0 fully saturated rings. The molecular weight excluding hydrogens is 524 g/mol. The van der Waals surface area contributed by atoms with E-state index in [1.54, 1.807) is 0 Å². The minimum Gasteiger partial charge on any atom is -0.465 e. The number of carbonyl (C=O) groups excluding carboxylic acids is 2. The van der Waals surface area contributed by atoms with Crippen molar-refractivity contribution in [1.82, 2.24) is 0 Å². The number of hydrogen-bond acceptors (Lipinski definition) is 5. The molecule has 0 aromatic rings. The Labute approximate surface area is 260 Å². The van der Waals surface area contributed by atoms with Gasteiger partial charge in [0.2, 0.25) is 0 Å². The minimum absolute atomic E-state index is 0.0770. The molecule has 0 bridgehead atoms. The van der Waals surface area contributed by atoms with Gasteiger partial charge < -0.3 is 14.6 Å². The molecule has 5 heteroatoms. The summed E-state index contributed by atoms with van der Waals surface area (Å²) in [5, 5.41) is 10.4. The van der Waals surface area contributed by atoms with Crippen molar-refractivity contribution in [3.05, 3.63) is 0 Å². The maximum atomic E-state index is 12.5. The van der Waals surface area contributed by atoms with E-state index in [1.807, 2.05) is 27.7 Å². The first-order valence-electron chi connectivity index (χ1n) is 17.5. The molecule has 0 amide bonds. The number of esters is 2. The van der Waals surface area contributed by atoms with Gasteiger partial charge >= 0.3 is 11.9 Å². The Balaban J connectivity index is 3.85. The second-order valence-corrected chi connectivity index (χ2v) is 13.6. The van der Waals surface area contributed by atoms with Crippen LogP contribution < -0.4 is 0 Å². The zero-order chi connectivity index (χ0) is 31.5. The number of carbonyl (C=O) groups is 2. The van der Waals surface area contributed by atoms with Gasteiger partial charge in [0.1, 0.15) is 0 Å². The maximum absolute atomic E-state index is 12.5. The van der Waals surface area contributed by atoms with Crippen LogP contribution in [0.4, 0.5) is 0 Å². The quantitative estimate of drug-likeness (QED) is 0.0583. The van der Waals surface area contributed by atoms with Crippen molar-refractivity contribution >= 4 is 11.9 Å². The molecule has 0 rings (SSSR count). The van der Waals surface area contributed by atoms with E-state index in [9.17, 15) is 14.7 Å². The topological polar surface area (TPSA) is 72.8 Å². The number of hydrogen-bond donors (Lipinski definition) is 1. The normalized spacial score (nSPS) is 12.5. The van der Waals surface area contributed by atoms with Crippen LogP contribution in [0.3, 0.4) is 0 Å². The molecule has 0 spiro atoms. The van der Waals surface area contributed by atoms with Gasteiger partial charge in [-0.1, -0.05) is 122 Å². The molecule has 1 unspecified atom stereocenters. The summed E-state index contributed by atoms with van der Waals surface area (Å²) in [6, 6.07) is 0. The Morgan fingerprint density at radius 1 is 0.595 bits per heavy atom. The first kappa shape index (κ1) is 40.5. The highest BCUT2D eigenvalue weighted by Gasteiger charge is 2.29. The maximum Gasteiger partial charge on any atom is 0.312 e.